The van der Waals surface area contributed by atoms with Crippen molar-refractivity contribution in [3.05, 3.63) is 18.2 Å². The van der Waals surface area contributed by atoms with Crippen LogP contribution in [0.4, 0.5) is 5.95 Å². The molecule has 2 rings (SSSR count). The van der Waals surface area contributed by atoms with Crippen LogP contribution in [-0.2, 0) is 0 Å². The van der Waals surface area contributed by atoms with Crippen molar-refractivity contribution >= 4 is 5.95 Å². The summed E-state index contributed by atoms with van der Waals surface area (Å²) in [7, 11) is 1.47. The molecule has 0 amide bonds. The molecule has 0 aliphatic rings. The first-order valence-corrected chi connectivity index (χ1v) is 4.47. The third-order valence-corrected chi connectivity index (χ3v) is 2.16. The second kappa shape index (κ2) is 3.61. The largest absolute Gasteiger partial charge is 0.504 e. The molecular weight excluding hydrogens is 210 g/mol. The Morgan fingerprint density at radius 2 is 2.12 bits per heavy atom. The number of nitrogen functional groups attached to an aromatic ring is 2. The zero-order chi connectivity index (χ0) is 11.7. The number of nitrogens with zero attached hydrogens (tertiary/aromatic N) is 3. The fourth-order valence-corrected chi connectivity index (χ4v) is 1.33. The maximum atomic E-state index is 9.60. The average Bonchev–Trinajstić information content (AvgIpc) is 2.60. The van der Waals surface area contributed by atoms with Crippen molar-refractivity contribution < 1.29 is 9.84 Å². The van der Waals surface area contributed by atoms with Crippen molar-refractivity contribution in [2.75, 3.05) is 18.7 Å². The van der Waals surface area contributed by atoms with E-state index in [0.717, 1.165) is 4.68 Å². The molecule has 0 atom stereocenters. The first-order chi connectivity index (χ1) is 7.63. The number of benzene rings is 1. The SMILES string of the molecule is COc1ccc(-c2nnc(N)n2N)cc1O. The Labute approximate surface area is 91.2 Å². The fourth-order valence-electron chi connectivity index (χ4n) is 1.33. The van der Waals surface area contributed by atoms with E-state index in [1.807, 2.05) is 0 Å². The molecule has 0 fully saturated rings. The number of phenolic OH excluding ortho intramolecular Hbond substituents is 1. The van der Waals surface area contributed by atoms with Crippen LogP contribution in [0.1, 0.15) is 0 Å². The molecule has 0 saturated heterocycles. The molecule has 0 spiro atoms. The van der Waals surface area contributed by atoms with Gasteiger partial charge in [-0.05, 0) is 18.2 Å². The van der Waals surface area contributed by atoms with E-state index in [1.165, 1.54) is 13.2 Å². The molecule has 5 N–H and O–H groups in total. The second-order valence-electron chi connectivity index (χ2n) is 3.14. The van der Waals surface area contributed by atoms with Crippen molar-refractivity contribution in [1.82, 2.24) is 14.9 Å². The molecule has 7 nitrogen and oxygen atoms in total. The lowest BCUT2D eigenvalue weighted by Gasteiger charge is -2.05. The molecule has 7 heteroatoms. The van der Waals surface area contributed by atoms with E-state index in [2.05, 4.69) is 10.2 Å². The van der Waals surface area contributed by atoms with Gasteiger partial charge in [0.25, 0.3) is 0 Å². The molecule has 0 bridgehead atoms. The molecule has 0 aliphatic heterocycles. The Morgan fingerprint density at radius 1 is 1.38 bits per heavy atom. The average molecular weight is 221 g/mol. The Balaban J connectivity index is 2.49. The van der Waals surface area contributed by atoms with Crippen molar-refractivity contribution in [1.29, 1.82) is 0 Å². The van der Waals surface area contributed by atoms with Crippen LogP contribution in [0.5, 0.6) is 11.5 Å². The Hall–Kier alpha value is -2.44. The molecule has 16 heavy (non-hydrogen) atoms. The Morgan fingerprint density at radius 3 is 2.62 bits per heavy atom. The monoisotopic (exact) mass is 221 g/mol. The summed E-state index contributed by atoms with van der Waals surface area (Å²) >= 11 is 0. The summed E-state index contributed by atoms with van der Waals surface area (Å²) in [5, 5.41) is 17.0. The van der Waals surface area contributed by atoms with E-state index in [-0.39, 0.29) is 11.7 Å². The number of aromatic nitrogens is 3. The van der Waals surface area contributed by atoms with E-state index in [0.29, 0.717) is 17.1 Å². The molecule has 1 aromatic carbocycles. The van der Waals surface area contributed by atoms with E-state index in [1.54, 1.807) is 12.1 Å². The first kappa shape index (κ1) is 10.1. The lowest BCUT2D eigenvalue weighted by Crippen LogP contribution is -2.13. The standard InChI is InChI=1S/C9H11N5O2/c1-16-7-3-2-5(4-6(7)15)8-12-13-9(10)14(8)11/h2-4,15H,11H2,1H3,(H2,10,13). The zero-order valence-electron chi connectivity index (χ0n) is 8.58. The summed E-state index contributed by atoms with van der Waals surface area (Å²) in [6.07, 6.45) is 0. The van der Waals surface area contributed by atoms with Crippen LogP contribution in [0.15, 0.2) is 18.2 Å². The molecule has 2 aromatic rings. The second-order valence-corrected chi connectivity index (χ2v) is 3.14. The van der Waals surface area contributed by atoms with Gasteiger partial charge in [-0.2, -0.15) is 0 Å². The molecule has 1 heterocycles. The molecule has 0 radical (unpaired) electrons. The number of hydrogen-bond donors (Lipinski definition) is 3. The van der Waals surface area contributed by atoms with Gasteiger partial charge in [-0.1, -0.05) is 0 Å². The lowest BCUT2D eigenvalue weighted by atomic mass is 10.2. The van der Waals surface area contributed by atoms with Gasteiger partial charge in [-0.15, -0.1) is 10.2 Å². The van der Waals surface area contributed by atoms with Gasteiger partial charge in [0.05, 0.1) is 7.11 Å². The summed E-state index contributed by atoms with van der Waals surface area (Å²) in [6.45, 7) is 0. The predicted molar refractivity (Wildman–Crippen MR) is 58.2 cm³/mol. The van der Waals surface area contributed by atoms with Crippen LogP contribution in [0.2, 0.25) is 0 Å². The number of ether oxygens (including phenoxy) is 1. The molecule has 0 unspecified atom stereocenters. The van der Waals surface area contributed by atoms with Crippen molar-refractivity contribution in [3.63, 3.8) is 0 Å². The number of hydrogen-bond acceptors (Lipinski definition) is 6. The fraction of sp³-hybridized carbons (Fsp3) is 0.111. The first-order valence-electron chi connectivity index (χ1n) is 4.47. The van der Waals surface area contributed by atoms with Crippen molar-refractivity contribution in [3.8, 4) is 22.9 Å². The van der Waals surface area contributed by atoms with Crippen LogP contribution in [0.3, 0.4) is 0 Å². The summed E-state index contributed by atoms with van der Waals surface area (Å²) in [4.78, 5) is 0. The quantitative estimate of drug-likeness (QED) is 0.613. The number of nitrogens with two attached hydrogens (primary N) is 2. The number of aromatic hydroxyl groups is 1. The van der Waals surface area contributed by atoms with Gasteiger partial charge in [0.2, 0.25) is 5.95 Å². The van der Waals surface area contributed by atoms with E-state index in [4.69, 9.17) is 16.3 Å². The smallest absolute Gasteiger partial charge is 0.241 e. The summed E-state index contributed by atoms with van der Waals surface area (Å²) in [5.74, 6) is 6.46. The highest BCUT2D eigenvalue weighted by atomic mass is 16.5. The number of methoxy groups -OCH3 is 1. The Bertz CT molecular complexity index is 523. The molecule has 0 saturated carbocycles. The van der Waals surface area contributed by atoms with Gasteiger partial charge in [-0.25, -0.2) is 4.68 Å². The van der Waals surface area contributed by atoms with Crippen LogP contribution in [0, 0.1) is 0 Å². The topological polar surface area (TPSA) is 112 Å². The summed E-state index contributed by atoms with van der Waals surface area (Å²) in [6, 6.07) is 4.78. The van der Waals surface area contributed by atoms with Crippen LogP contribution < -0.4 is 16.3 Å². The van der Waals surface area contributed by atoms with Crippen LogP contribution in [0.25, 0.3) is 11.4 Å². The predicted octanol–water partition coefficient (Wildman–Crippen LogP) is -0.0447. The molecule has 0 aliphatic carbocycles. The minimum atomic E-state index is 0.00146. The zero-order valence-corrected chi connectivity index (χ0v) is 8.58. The third-order valence-electron chi connectivity index (χ3n) is 2.16. The minimum Gasteiger partial charge on any atom is -0.504 e. The normalized spacial score (nSPS) is 10.3. The van der Waals surface area contributed by atoms with Gasteiger partial charge >= 0.3 is 0 Å². The number of anilines is 1. The molecule has 1 aromatic heterocycles. The molecular formula is C9H11N5O2. The van der Waals surface area contributed by atoms with Gasteiger partial charge in [0, 0.05) is 5.56 Å². The minimum absolute atomic E-state index is 0.00146. The van der Waals surface area contributed by atoms with Gasteiger partial charge in [0.15, 0.2) is 17.3 Å². The lowest BCUT2D eigenvalue weighted by molar-refractivity contribution is 0.373. The number of phenols is 1. The maximum absolute atomic E-state index is 9.60. The van der Waals surface area contributed by atoms with Gasteiger partial charge < -0.3 is 21.4 Å². The summed E-state index contributed by atoms with van der Waals surface area (Å²) < 4.78 is 6.06. The molecule has 84 valence electrons. The van der Waals surface area contributed by atoms with Crippen molar-refractivity contribution in [2.24, 2.45) is 0 Å². The van der Waals surface area contributed by atoms with Gasteiger partial charge in [0.1, 0.15) is 0 Å². The highest BCUT2D eigenvalue weighted by Gasteiger charge is 2.11. The maximum Gasteiger partial charge on any atom is 0.241 e. The van der Waals surface area contributed by atoms with Crippen LogP contribution >= 0.6 is 0 Å². The number of rotatable bonds is 2. The summed E-state index contributed by atoms with van der Waals surface area (Å²) in [5.41, 5.74) is 6.05. The highest BCUT2D eigenvalue weighted by molar-refractivity contribution is 5.62. The third kappa shape index (κ3) is 1.48. The van der Waals surface area contributed by atoms with E-state index in [9.17, 15) is 5.11 Å². The van der Waals surface area contributed by atoms with Crippen LogP contribution in [-0.4, -0.2) is 27.1 Å². The van der Waals surface area contributed by atoms with Crippen molar-refractivity contribution in [2.45, 2.75) is 0 Å². The van der Waals surface area contributed by atoms with E-state index >= 15 is 0 Å². The highest BCUT2D eigenvalue weighted by Crippen LogP contribution is 2.30. The van der Waals surface area contributed by atoms with Gasteiger partial charge in [-0.3, -0.25) is 0 Å². The van der Waals surface area contributed by atoms with E-state index < -0.39 is 0 Å². The Kier molecular flexibility index (Phi) is 2.28.